The van der Waals surface area contributed by atoms with E-state index in [1.165, 1.54) is 0 Å². The minimum atomic E-state index is -3.68. The van der Waals surface area contributed by atoms with Crippen molar-refractivity contribution >= 4 is 26.6 Å². The Hall–Kier alpha value is -2.81. The van der Waals surface area contributed by atoms with Crippen LogP contribution in [-0.2, 0) is 10.0 Å². The minimum Gasteiger partial charge on any atom is -0.494 e. The first-order valence-electron chi connectivity index (χ1n) is 11.9. The summed E-state index contributed by atoms with van der Waals surface area (Å²) in [5.41, 5.74) is 0.754. The Bertz CT molecular complexity index is 1270. The van der Waals surface area contributed by atoms with E-state index in [2.05, 4.69) is 14.6 Å². The molecule has 1 N–H and O–H groups in total. The number of sulfonamides is 1. The summed E-state index contributed by atoms with van der Waals surface area (Å²) in [6.07, 6.45) is 7.54. The van der Waals surface area contributed by atoms with Crippen LogP contribution >= 0.6 is 0 Å². The molecule has 2 heterocycles. The fraction of sp³-hybridized carbons (Fsp3) is 0.385. The first-order valence-corrected chi connectivity index (χ1v) is 13.4. The standard InChI is InChI=1S/C26H29N3O4S/c30-26(20-7-8-20)21-9-11-22(12-10-21)33-17-3-16-29-15-2-6-25(29)28-34(31,32)24-5-1-4-19-13-14-27-18-23(19)24/h1,4-5,9-14,18,20,25,28H,2-3,6-8,15-17H2. The molecular weight excluding hydrogens is 450 g/mol. The number of hydrogen-bond donors (Lipinski definition) is 1. The van der Waals surface area contributed by atoms with Crippen LogP contribution in [-0.4, -0.2) is 49.9 Å². The third-order valence-electron chi connectivity index (χ3n) is 6.53. The van der Waals surface area contributed by atoms with Crippen molar-refractivity contribution in [3.8, 4) is 5.75 Å². The zero-order valence-electron chi connectivity index (χ0n) is 19.0. The van der Waals surface area contributed by atoms with Crippen LogP contribution in [0.3, 0.4) is 0 Å². The number of ether oxygens (including phenoxy) is 1. The van der Waals surface area contributed by atoms with Crippen molar-refractivity contribution in [1.29, 1.82) is 0 Å². The fourth-order valence-corrected chi connectivity index (χ4v) is 6.01. The number of likely N-dealkylation sites (tertiary alicyclic amines) is 1. The Morgan fingerprint density at radius 2 is 1.91 bits per heavy atom. The summed E-state index contributed by atoms with van der Waals surface area (Å²) in [4.78, 5) is 18.6. The lowest BCUT2D eigenvalue weighted by atomic mass is 10.1. The lowest BCUT2D eigenvalue weighted by Gasteiger charge is -2.25. The number of Topliss-reactive ketones (excluding diaryl/α,β-unsaturated/α-hetero) is 1. The molecule has 8 heteroatoms. The third-order valence-corrected chi connectivity index (χ3v) is 8.05. The van der Waals surface area contributed by atoms with Crippen molar-refractivity contribution in [3.63, 3.8) is 0 Å². The van der Waals surface area contributed by atoms with Gasteiger partial charge in [-0.2, -0.15) is 4.72 Å². The molecule has 2 aliphatic rings. The van der Waals surface area contributed by atoms with E-state index < -0.39 is 10.0 Å². The van der Waals surface area contributed by atoms with Gasteiger partial charge in [0.1, 0.15) is 5.75 Å². The minimum absolute atomic E-state index is 0.217. The average Bonchev–Trinajstić information content (AvgIpc) is 3.62. The smallest absolute Gasteiger partial charge is 0.242 e. The normalized spacial score (nSPS) is 18.9. The van der Waals surface area contributed by atoms with Gasteiger partial charge in [-0.25, -0.2) is 8.42 Å². The van der Waals surface area contributed by atoms with Gasteiger partial charge in [0.25, 0.3) is 0 Å². The largest absolute Gasteiger partial charge is 0.494 e. The number of fused-ring (bicyclic) bond motifs is 1. The number of nitrogens with zero attached hydrogens (tertiary/aromatic N) is 2. The van der Waals surface area contributed by atoms with Gasteiger partial charge in [-0.3, -0.25) is 14.7 Å². The molecule has 178 valence electrons. The number of benzene rings is 2. The first-order chi connectivity index (χ1) is 16.5. The predicted molar refractivity (Wildman–Crippen MR) is 130 cm³/mol. The number of aromatic nitrogens is 1. The van der Waals surface area contributed by atoms with Gasteiger partial charge in [0, 0.05) is 35.8 Å². The lowest BCUT2D eigenvalue weighted by Crippen LogP contribution is -2.44. The molecule has 3 aromatic rings. The lowest BCUT2D eigenvalue weighted by molar-refractivity contribution is 0.0967. The highest BCUT2D eigenvalue weighted by Gasteiger charge is 2.31. The highest BCUT2D eigenvalue weighted by atomic mass is 32.2. The second kappa shape index (κ2) is 9.82. The van der Waals surface area contributed by atoms with E-state index in [0.29, 0.717) is 12.0 Å². The van der Waals surface area contributed by atoms with Crippen LogP contribution in [0.4, 0.5) is 0 Å². The van der Waals surface area contributed by atoms with Gasteiger partial charge in [-0.15, -0.1) is 0 Å². The van der Waals surface area contributed by atoms with Crippen molar-refractivity contribution in [2.24, 2.45) is 5.92 Å². The third kappa shape index (κ3) is 5.14. The zero-order valence-corrected chi connectivity index (χ0v) is 19.8. The molecule has 34 heavy (non-hydrogen) atoms. The highest BCUT2D eigenvalue weighted by Crippen LogP contribution is 2.33. The molecule has 0 radical (unpaired) electrons. The van der Waals surface area contributed by atoms with E-state index in [1.807, 2.05) is 36.4 Å². The molecule has 1 atom stereocenters. The van der Waals surface area contributed by atoms with Gasteiger partial charge < -0.3 is 4.74 Å². The van der Waals surface area contributed by atoms with E-state index in [-0.39, 0.29) is 22.8 Å². The number of ketones is 1. The Kier molecular flexibility index (Phi) is 6.63. The second-order valence-corrected chi connectivity index (χ2v) is 10.7. The maximum atomic E-state index is 13.2. The van der Waals surface area contributed by atoms with Gasteiger partial charge in [-0.1, -0.05) is 12.1 Å². The van der Waals surface area contributed by atoms with Crippen LogP contribution in [0.5, 0.6) is 5.75 Å². The molecule has 1 saturated carbocycles. The topological polar surface area (TPSA) is 88.6 Å². The van der Waals surface area contributed by atoms with Crippen molar-refractivity contribution < 1.29 is 17.9 Å². The molecule has 1 aliphatic heterocycles. The van der Waals surface area contributed by atoms with Gasteiger partial charge in [0.2, 0.25) is 10.0 Å². The summed E-state index contributed by atoms with van der Waals surface area (Å²) < 4.78 is 35.1. The number of hydrogen-bond acceptors (Lipinski definition) is 6. The zero-order chi connectivity index (χ0) is 23.5. The number of pyridine rings is 1. The molecule has 0 bridgehead atoms. The fourth-order valence-electron chi connectivity index (χ4n) is 4.54. The van der Waals surface area contributed by atoms with Gasteiger partial charge in [0.15, 0.2) is 5.78 Å². The number of nitrogens with one attached hydrogen (secondary N) is 1. The van der Waals surface area contributed by atoms with Crippen LogP contribution in [0.1, 0.15) is 42.5 Å². The molecule has 1 unspecified atom stereocenters. The first kappa shape index (κ1) is 23.0. The Morgan fingerprint density at radius 1 is 1.09 bits per heavy atom. The second-order valence-electron chi connectivity index (χ2n) is 9.03. The number of carbonyl (C=O) groups is 1. The Balaban J connectivity index is 1.14. The molecule has 2 aromatic carbocycles. The highest BCUT2D eigenvalue weighted by molar-refractivity contribution is 7.89. The van der Waals surface area contributed by atoms with Gasteiger partial charge in [0.05, 0.1) is 17.7 Å². The average molecular weight is 480 g/mol. The summed E-state index contributed by atoms with van der Waals surface area (Å²) in [7, 11) is -3.68. The van der Waals surface area contributed by atoms with Crippen LogP contribution < -0.4 is 9.46 Å². The summed E-state index contributed by atoms with van der Waals surface area (Å²) in [6, 6.07) is 14.5. The van der Waals surface area contributed by atoms with Crippen molar-refractivity contribution in [2.45, 2.75) is 43.2 Å². The summed E-state index contributed by atoms with van der Waals surface area (Å²) in [5.74, 6) is 1.19. The molecule has 7 nitrogen and oxygen atoms in total. The van der Waals surface area contributed by atoms with Gasteiger partial charge in [-0.05, 0) is 80.4 Å². The molecule has 1 saturated heterocycles. The van der Waals surface area contributed by atoms with Crippen LogP contribution in [0.25, 0.3) is 10.8 Å². The molecule has 0 spiro atoms. The molecule has 1 aromatic heterocycles. The molecule has 5 rings (SSSR count). The quantitative estimate of drug-likeness (QED) is 0.349. The van der Waals surface area contributed by atoms with Crippen LogP contribution in [0, 0.1) is 5.92 Å². The van der Waals surface area contributed by atoms with E-state index in [0.717, 1.165) is 61.9 Å². The maximum absolute atomic E-state index is 13.2. The van der Waals surface area contributed by atoms with Crippen molar-refractivity contribution in [1.82, 2.24) is 14.6 Å². The molecule has 1 aliphatic carbocycles. The van der Waals surface area contributed by atoms with Gasteiger partial charge >= 0.3 is 0 Å². The SMILES string of the molecule is O=C(c1ccc(OCCCN2CCCC2NS(=O)(=O)c2cccc3ccncc23)cc1)C1CC1. The Labute approximate surface area is 200 Å². The van der Waals surface area contributed by atoms with E-state index in [9.17, 15) is 13.2 Å². The van der Waals surface area contributed by atoms with Crippen molar-refractivity contribution in [3.05, 3.63) is 66.5 Å². The predicted octanol–water partition coefficient (Wildman–Crippen LogP) is 4.00. The Morgan fingerprint density at radius 3 is 2.71 bits per heavy atom. The van der Waals surface area contributed by atoms with E-state index in [1.54, 1.807) is 24.5 Å². The van der Waals surface area contributed by atoms with Crippen LogP contribution in [0.15, 0.2) is 65.8 Å². The summed E-state index contributed by atoms with van der Waals surface area (Å²) >= 11 is 0. The monoisotopic (exact) mass is 479 g/mol. The maximum Gasteiger partial charge on any atom is 0.242 e. The summed E-state index contributed by atoms with van der Waals surface area (Å²) in [6.45, 7) is 2.12. The van der Waals surface area contributed by atoms with E-state index >= 15 is 0 Å². The molecular formula is C26H29N3O4S. The molecule has 2 fully saturated rings. The van der Waals surface area contributed by atoms with E-state index in [4.69, 9.17) is 4.74 Å². The van der Waals surface area contributed by atoms with Crippen molar-refractivity contribution in [2.75, 3.05) is 19.7 Å². The molecule has 0 amide bonds. The summed E-state index contributed by atoms with van der Waals surface area (Å²) in [5, 5.41) is 1.48. The number of rotatable bonds is 10. The number of carbonyl (C=O) groups excluding carboxylic acids is 1. The van der Waals surface area contributed by atoms with Crippen LogP contribution in [0.2, 0.25) is 0 Å².